The van der Waals surface area contributed by atoms with Gasteiger partial charge in [0.2, 0.25) is 0 Å². The molecule has 0 saturated carbocycles. The largest absolute Gasteiger partial charge is 0.268 e. The van der Waals surface area contributed by atoms with Crippen molar-refractivity contribution < 1.29 is 0 Å². The number of thiazole rings is 1. The third-order valence-electron chi connectivity index (χ3n) is 6.11. The summed E-state index contributed by atoms with van der Waals surface area (Å²) in [5, 5.41) is 0.489. The summed E-state index contributed by atoms with van der Waals surface area (Å²) in [4.78, 5) is 33.8. The highest BCUT2D eigenvalue weighted by Crippen LogP contribution is 2.30. The molecule has 7 aromatic rings. The van der Waals surface area contributed by atoms with E-state index in [1.807, 2.05) is 103 Å². The minimum atomic E-state index is -0.133. The fourth-order valence-corrected chi connectivity index (χ4v) is 5.46. The maximum Gasteiger partial charge on any atom is 0.267 e. The number of fused-ring (bicyclic) bond motifs is 4. The van der Waals surface area contributed by atoms with Gasteiger partial charge >= 0.3 is 0 Å². The summed E-state index contributed by atoms with van der Waals surface area (Å²) in [6, 6.07) is 33.1. The van der Waals surface area contributed by atoms with Gasteiger partial charge in [0.15, 0.2) is 22.4 Å². The van der Waals surface area contributed by atoms with E-state index in [0.717, 1.165) is 21.3 Å². The molecular formula is C29H17N5OS. The van der Waals surface area contributed by atoms with E-state index in [-0.39, 0.29) is 5.56 Å². The van der Waals surface area contributed by atoms with Crippen LogP contribution in [0.15, 0.2) is 108 Å². The molecule has 0 aliphatic heterocycles. The molecule has 0 fully saturated rings. The minimum Gasteiger partial charge on any atom is -0.268 e. The summed E-state index contributed by atoms with van der Waals surface area (Å²) < 4.78 is 2.69. The fraction of sp³-hybridized carbons (Fsp3) is 0. The van der Waals surface area contributed by atoms with Gasteiger partial charge in [-0.25, -0.2) is 19.9 Å². The van der Waals surface area contributed by atoms with E-state index in [0.29, 0.717) is 38.9 Å². The van der Waals surface area contributed by atoms with Crippen LogP contribution in [0.3, 0.4) is 0 Å². The van der Waals surface area contributed by atoms with Crippen molar-refractivity contribution in [3.8, 4) is 34.2 Å². The Labute approximate surface area is 209 Å². The van der Waals surface area contributed by atoms with Gasteiger partial charge in [-0.2, -0.15) is 0 Å². The number of rotatable bonds is 3. The third-order valence-corrected chi connectivity index (χ3v) is 7.14. The van der Waals surface area contributed by atoms with Crippen LogP contribution in [-0.2, 0) is 0 Å². The summed E-state index contributed by atoms with van der Waals surface area (Å²) in [7, 11) is 0. The van der Waals surface area contributed by atoms with Gasteiger partial charge in [0.05, 0.1) is 21.1 Å². The molecule has 0 aliphatic rings. The topological polar surface area (TPSA) is 73.0 Å². The summed E-state index contributed by atoms with van der Waals surface area (Å²) in [6.45, 7) is 0. The van der Waals surface area contributed by atoms with Crippen LogP contribution in [0.1, 0.15) is 0 Å². The lowest BCUT2D eigenvalue weighted by molar-refractivity contribution is 1.07. The average molecular weight is 484 g/mol. The van der Waals surface area contributed by atoms with Crippen molar-refractivity contribution in [2.24, 2.45) is 0 Å². The lowest BCUT2D eigenvalue weighted by atomic mass is 10.1. The maximum atomic E-state index is 13.9. The molecule has 170 valence electrons. The molecule has 0 aliphatic carbocycles. The zero-order valence-electron chi connectivity index (χ0n) is 18.9. The molecule has 0 bridgehead atoms. The number of nitrogens with zero attached hydrogens (tertiary/aromatic N) is 5. The van der Waals surface area contributed by atoms with Crippen molar-refractivity contribution in [2.45, 2.75) is 0 Å². The summed E-state index contributed by atoms with van der Waals surface area (Å²) in [5.41, 5.74) is 3.71. The third kappa shape index (κ3) is 3.29. The van der Waals surface area contributed by atoms with E-state index in [1.54, 1.807) is 4.40 Å². The molecule has 7 rings (SSSR count). The number of benzene rings is 4. The van der Waals surface area contributed by atoms with Crippen LogP contribution in [0.4, 0.5) is 0 Å². The van der Waals surface area contributed by atoms with E-state index in [9.17, 15) is 4.79 Å². The molecule has 0 amide bonds. The molecule has 0 unspecified atom stereocenters. The Morgan fingerprint density at radius 3 is 1.89 bits per heavy atom. The van der Waals surface area contributed by atoms with Crippen LogP contribution in [0.25, 0.3) is 60.2 Å². The number of hydrogen-bond donors (Lipinski definition) is 0. The SMILES string of the molecule is O=c1c2c(-c3nc(-c4ccccc4)nc(-c4ccccc4)n3)cccc2nc2sc3ccccc3n12. The Balaban J connectivity index is 1.55. The van der Waals surface area contributed by atoms with Gasteiger partial charge in [0.1, 0.15) is 0 Å². The van der Waals surface area contributed by atoms with Gasteiger partial charge in [-0.15, -0.1) is 0 Å². The van der Waals surface area contributed by atoms with Crippen molar-refractivity contribution in [2.75, 3.05) is 0 Å². The van der Waals surface area contributed by atoms with Crippen LogP contribution in [-0.4, -0.2) is 24.3 Å². The van der Waals surface area contributed by atoms with E-state index in [2.05, 4.69) is 0 Å². The molecule has 0 atom stereocenters. The Hall–Kier alpha value is -4.75. The molecule has 4 aromatic carbocycles. The van der Waals surface area contributed by atoms with E-state index in [4.69, 9.17) is 19.9 Å². The van der Waals surface area contributed by atoms with Gasteiger partial charge < -0.3 is 0 Å². The first-order valence-electron chi connectivity index (χ1n) is 11.5. The van der Waals surface area contributed by atoms with Gasteiger partial charge in [-0.3, -0.25) is 9.20 Å². The minimum absolute atomic E-state index is 0.133. The number of aromatic nitrogens is 5. The van der Waals surface area contributed by atoms with Gasteiger partial charge in [0.25, 0.3) is 5.56 Å². The lowest BCUT2D eigenvalue weighted by Crippen LogP contribution is -2.15. The monoisotopic (exact) mass is 483 g/mol. The summed E-state index contributed by atoms with van der Waals surface area (Å²) in [6.07, 6.45) is 0. The van der Waals surface area contributed by atoms with Crippen LogP contribution in [0.2, 0.25) is 0 Å². The highest BCUT2D eigenvalue weighted by atomic mass is 32.1. The Kier molecular flexibility index (Phi) is 4.68. The Morgan fingerprint density at radius 1 is 0.583 bits per heavy atom. The zero-order valence-corrected chi connectivity index (χ0v) is 19.7. The highest BCUT2D eigenvalue weighted by Gasteiger charge is 2.18. The maximum absolute atomic E-state index is 13.9. The van der Waals surface area contributed by atoms with Crippen LogP contribution in [0.5, 0.6) is 0 Å². The van der Waals surface area contributed by atoms with Crippen LogP contribution < -0.4 is 5.56 Å². The molecule has 0 saturated heterocycles. The van der Waals surface area contributed by atoms with Crippen molar-refractivity contribution in [1.82, 2.24) is 24.3 Å². The normalized spacial score (nSPS) is 11.4. The first kappa shape index (κ1) is 20.6. The molecule has 7 heteroatoms. The number of hydrogen-bond acceptors (Lipinski definition) is 6. The quantitative estimate of drug-likeness (QED) is 0.297. The molecule has 6 nitrogen and oxygen atoms in total. The van der Waals surface area contributed by atoms with E-state index in [1.165, 1.54) is 11.3 Å². The molecule has 0 radical (unpaired) electrons. The van der Waals surface area contributed by atoms with Gasteiger partial charge in [-0.1, -0.05) is 96.3 Å². The van der Waals surface area contributed by atoms with Crippen molar-refractivity contribution >= 4 is 37.4 Å². The fourth-order valence-electron chi connectivity index (χ4n) is 4.43. The zero-order chi connectivity index (χ0) is 24.1. The van der Waals surface area contributed by atoms with E-state index >= 15 is 0 Å². The lowest BCUT2D eigenvalue weighted by Gasteiger charge is -2.10. The predicted octanol–water partition coefficient (Wildman–Crippen LogP) is 6.25. The molecule has 3 aromatic heterocycles. The molecule has 0 spiro atoms. The molecule has 0 N–H and O–H groups in total. The summed E-state index contributed by atoms with van der Waals surface area (Å²) >= 11 is 1.50. The number of para-hydroxylation sites is 1. The second-order valence-electron chi connectivity index (χ2n) is 8.34. The average Bonchev–Trinajstić information content (AvgIpc) is 3.32. The first-order chi connectivity index (χ1) is 17.8. The van der Waals surface area contributed by atoms with E-state index < -0.39 is 0 Å². The standard InChI is InChI=1S/C29H17N5OS/c35-28-24-20(14-9-15-21(24)30-29-34(28)22-16-7-8-17-23(22)36-29)27-32-25(18-10-3-1-4-11-18)31-26(33-27)19-12-5-2-6-13-19/h1-17H. The first-order valence-corrected chi connectivity index (χ1v) is 12.3. The Bertz CT molecular complexity index is 1910. The smallest absolute Gasteiger partial charge is 0.267 e. The van der Waals surface area contributed by atoms with Crippen molar-refractivity contribution in [3.63, 3.8) is 0 Å². The second kappa shape index (κ2) is 8.18. The van der Waals surface area contributed by atoms with Crippen LogP contribution in [0, 0.1) is 0 Å². The molecule has 36 heavy (non-hydrogen) atoms. The van der Waals surface area contributed by atoms with Gasteiger partial charge in [0, 0.05) is 16.7 Å². The van der Waals surface area contributed by atoms with Crippen molar-refractivity contribution in [1.29, 1.82) is 0 Å². The molecule has 3 heterocycles. The second-order valence-corrected chi connectivity index (χ2v) is 9.35. The van der Waals surface area contributed by atoms with Crippen molar-refractivity contribution in [3.05, 3.63) is 113 Å². The van der Waals surface area contributed by atoms with Gasteiger partial charge in [-0.05, 0) is 18.2 Å². The molecular weight excluding hydrogens is 466 g/mol. The predicted molar refractivity (Wildman–Crippen MR) is 144 cm³/mol. The Morgan fingerprint density at radius 2 is 1.19 bits per heavy atom. The highest BCUT2D eigenvalue weighted by molar-refractivity contribution is 7.23. The summed E-state index contributed by atoms with van der Waals surface area (Å²) in [5.74, 6) is 1.53. The van der Waals surface area contributed by atoms with Crippen LogP contribution >= 0.6 is 11.3 Å².